The van der Waals surface area contributed by atoms with Gasteiger partial charge in [0.2, 0.25) is 0 Å². The molecule has 1 aliphatic rings. The van der Waals surface area contributed by atoms with Crippen molar-refractivity contribution in [2.24, 2.45) is 0 Å². The van der Waals surface area contributed by atoms with Crippen LogP contribution >= 0.6 is 0 Å². The van der Waals surface area contributed by atoms with Crippen molar-refractivity contribution < 1.29 is 9.90 Å². The number of para-hydroxylation sites is 1. The number of anilines is 1. The number of nitrogens with zero attached hydrogens (tertiary/aromatic N) is 3. The van der Waals surface area contributed by atoms with Crippen LogP contribution in [0.1, 0.15) is 40.9 Å². The minimum Gasteiger partial charge on any atom is -0.478 e. The van der Waals surface area contributed by atoms with Crippen LogP contribution in [-0.2, 0) is 13.0 Å². The Morgan fingerprint density at radius 1 is 1.26 bits per heavy atom. The monoisotopic (exact) mass is 416 g/mol. The van der Waals surface area contributed by atoms with Crippen LogP contribution in [0, 0.1) is 6.92 Å². The Hall–Kier alpha value is -3.61. The summed E-state index contributed by atoms with van der Waals surface area (Å²) in [7, 11) is 0. The van der Waals surface area contributed by atoms with Crippen molar-refractivity contribution in [3.8, 4) is 0 Å². The number of pyridine rings is 1. The van der Waals surface area contributed by atoms with Gasteiger partial charge in [0.15, 0.2) is 0 Å². The van der Waals surface area contributed by atoms with Gasteiger partial charge in [-0.25, -0.2) is 9.48 Å². The van der Waals surface area contributed by atoms with E-state index in [0.717, 1.165) is 39.4 Å². The topological polar surface area (TPSA) is 89.2 Å². The molecule has 2 aromatic heterocycles. The number of hydrogen-bond acceptors (Lipinski definition) is 4. The Balaban J connectivity index is 1.59. The summed E-state index contributed by atoms with van der Waals surface area (Å²) >= 11 is 0. The van der Waals surface area contributed by atoms with Gasteiger partial charge < -0.3 is 10.4 Å². The molecule has 158 valence electrons. The van der Waals surface area contributed by atoms with Crippen LogP contribution < -0.4 is 10.9 Å². The molecule has 3 heterocycles. The maximum absolute atomic E-state index is 13.3. The lowest BCUT2D eigenvalue weighted by Crippen LogP contribution is -2.29. The molecule has 1 atom stereocenters. The predicted molar refractivity (Wildman–Crippen MR) is 121 cm³/mol. The Kier molecular flexibility index (Phi) is 4.54. The van der Waals surface area contributed by atoms with E-state index in [1.165, 1.54) is 0 Å². The third-order valence-corrected chi connectivity index (χ3v) is 6.19. The molecule has 0 bridgehead atoms. The number of carboxylic acids is 1. The van der Waals surface area contributed by atoms with Gasteiger partial charge in [-0.1, -0.05) is 23.8 Å². The summed E-state index contributed by atoms with van der Waals surface area (Å²) in [6, 6.07) is 11.2. The second kappa shape index (κ2) is 7.27. The minimum atomic E-state index is -0.956. The van der Waals surface area contributed by atoms with Crippen molar-refractivity contribution in [1.82, 2.24) is 14.3 Å². The van der Waals surface area contributed by atoms with Crippen molar-refractivity contribution in [2.45, 2.75) is 39.3 Å². The van der Waals surface area contributed by atoms with E-state index >= 15 is 0 Å². The molecule has 5 rings (SSSR count). The summed E-state index contributed by atoms with van der Waals surface area (Å²) in [5.41, 5.74) is 3.87. The number of fused-ring (bicyclic) bond motifs is 2. The van der Waals surface area contributed by atoms with E-state index in [1.807, 2.05) is 34.5 Å². The van der Waals surface area contributed by atoms with Crippen molar-refractivity contribution >= 4 is 33.5 Å². The normalized spacial score (nSPS) is 15.5. The van der Waals surface area contributed by atoms with Crippen LogP contribution in [0.4, 0.5) is 5.69 Å². The summed E-state index contributed by atoms with van der Waals surface area (Å²) in [6.07, 6.45) is 3.42. The molecule has 2 N–H and O–H groups in total. The Labute approximate surface area is 178 Å². The van der Waals surface area contributed by atoms with E-state index in [9.17, 15) is 14.7 Å². The number of benzene rings is 2. The molecule has 4 aromatic rings. The van der Waals surface area contributed by atoms with Gasteiger partial charge in [0, 0.05) is 34.9 Å². The first-order valence-corrected chi connectivity index (χ1v) is 10.5. The lowest BCUT2D eigenvalue weighted by molar-refractivity contribution is 0.0698. The highest BCUT2D eigenvalue weighted by atomic mass is 16.4. The molecule has 0 spiro atoms. The van der Waals surface area contributed by atoms with E-state index in [0.29, 0.717) is 25.2 Å². The predicted octanol–water partition coefficient (Wildman–Crippen LogP) is 3.98. The molecule has 1 aliphatic heterocycles. The van der Waals surface area contributed by atoms with Crippen LogP contribution in [0.15, 0.2) is 47.4 Å². The number of rotatable bonds is 5. The van der Waals surface area contributed by atoms with Crippen LogP contribution in [0.25, 0.3) is 21.8 Å². The highest BCUT2D eigenvalue weighted by molar-refractivity contribution is 6.06. The summed E-state index contributed by atoms with van der Waals surface area (Å²) in [4.78, 5) is 24.8. The smallest absolute Gasteiger partial charge is 0.337 e. The average molecular weight is 416 g/mol. The minimum absolute atomic E-state index is 0.0327. The quantitative estimate of drug-likeness (QED) is 0.514. The van der Waals surface area contributed by atoms with Gasteiger partial charge in [-0.3, -0.25) is 9.36 Å². The van der Waals surface area contributed by atoms with E-state index < -0.39 is 5.97 Å². The largest absolute Gasteiger partial charge is 0.478 e. The van der Waals surface area contributed by atoms with Crippen LogP contribution in [0.3, 0.4) is 0 Å². The van der Waals surface area contributed by atoms with Gasteiger partial charge in [-0.15, -0.1) is 0 Å². The van der Waals surface area contributed by atoms with E-state index in [-0.39, 0.29) is 17.2 Å². The Bertz CT molecular complexity index is 1400. The number of aromatic nitrogens is 3. The van der Waals surface area contributed by atoms with Crippen LogP contribution in [0.2, 0.25) is 0 Å². The Morgan fingerprint density at radius 3 is 2.87 bits per heavy atom. The molecule has 2 aromatic carbocycles. The molecule has 7 heteroatoms. The van der Waals surface area contributed by atoms with E-state index in [4.69, 9.17) is 0 Å². The molecule has 0 amide bonds. The van der Waals surface area contributed by atoms with Gasteiger partial charge >= 0.3 is 5.97 Å². The standard InChI is InChI=1S/C24H24N4O3/c1-14-11-16(7-9-25-20-6-4-3-5-17(20)24(30)31)21-18(12-14)23(29)27-10-8-15(2)28-22(27)19(21)13-26-28/h3-6,11-13,15,25H,7-10H2,1-2H3,(H,30,31)/t15-/m0/s1. The first-order valence-electron chi connectivity index (χ1n) is 10.5. The third kappa shape index (κ3) is 3.08. The number of carboxylic acid groups (broad SMARTS) is 1. The van der Waals surface area contributed by atoms with E-state index in [1.54, 1.807) is 18.2 Å². The molecule has 0 fully saturated rings. The third-order valence-electron chi connectivity index (χ3n) is 6.19. The summed E-state index contributed by atoms with van der Waals surface area (Å²) < 4.78 is 3.82. The second-order valence-corrected chi connectivity index (χ2v) is 8.30. The van der Waals surface area contributed by atoms with Crippen LogP contribution in [-0.4, -0.2) is 32.0 Å². The molecular weight excluding hydrogens is 392 g/mol. The first-order chi connectivity index (χ1) is 15.0. The summed E-state index contributed by atoms with van der Waals surface area (Å²) in [6.45, 7) is 5.39. The highest BCUT2D eigenvalue weighted by Crippen LogP contribution is 2.32. The number of nitrogens with one attached hydrogen (secondary N) is 1. The molecule has 31 heavy (non-hydrogen) atoms. The second-order valence-electron chi connectivity index (χ2n) is 8.30. The van der Waals surface area contributed by atoms with Gasteiger partial charge in [0.05, 0.1) is 17.8 Å². The van der Waals surface area contributed by atoms with E-state index in [2.05, 4.69) is 23.4 Å². The van der Waals surface area contributed by atoms with Gasteiger partial charge in [0.1, 0.15) is 5.65 Å². The molecule has 0 unspecified atom stereocenters. The SMILES string of the molecule is Cc1cc(CCNc2ccccc2C(=O)O)c2c(c1)c(=O)n1c3c2cnn3[C@@H](C)CC1. The first kappa shape index (κ1) is 19.4. The molecule has 7 nitrogen and oxygen atoms in total. The summed E-state index contributed by atoms with van der Waals surface area (Å²) in [5, 5.41) is 19.9. The number of aromatic carboxylic acids is 1. The fourth-order valence-electron chi connectivity index (χ4n) is 4.71. The maximum atomic E-state index is 13.3. The molecular formula is C24H24N4O3. The molecule has 0 saturated heterocycles. The van der Waals surface area contributed by atoms with Crippen molar-refractivity contribution in [3.05, 3.63) is 69.6 Å². The zero-order chi connectivity index (χ0) is 21.7. The molecule has 0 saturated carbocycles. The number of hydrogen-bond donors (Lipinski definition) is 2. The lowest BCUT2D eigenvalue weighted by atomic mass is 9.97. The number of carbonyl (C=O) groups is 1. The van der Waals surface area contributed by atoms with Crippen molar-refractivity contribution in [3.63, 3.8) is 0 Å². The fourth-order valence-corrected chi connectivity index (χ4v) is 4.71. The van der Waals surface area contributed by atoms with Gasteiger partial charge in [-0.05, 0) is 50.5 Å². The summed E-state index contributed by atoms with van der Waals surface area (Å²) in [5.74, 6) is -0.956. The zero-order valence-corrected chi connectivity index (χ0v) is 17.6. The molecule has 0 radical (unpaired) electrons. The van der Waals surface area contributed by atoms with Crippen molar-refractivity contribution in [2.75, 3.05) is 11.9 Å². The lowest BCUT2D eigenvalue weighted by Gasteiger charge is -2.23. The highest BCUT2D eigenvalue weighted by Gasteiger charge is 2.24. The molecule has 0 aliphatic carbocycles. The Morgan fingerprint density at radius 2 is 2.06 bits per heavy atom. The van der Waals surface area contributed by atoms with Gasteiger partial charge in [-0.2, -0.15) is 5.10 Å². The van der Waals surface area contributed by atoms with Gasteiger partial charge in [0.25, 0.3) is 5.56 Å². The number of aryl methyl sites for hydroxylation is 2. The maximum Gasteiger partial charge on any atom is 0.337 e. The average Bonchev–Trinajstić information content (AvgIpc) is 3.19. The zero-order valence-electron chi connectivity index (χ0n) is 17.6. The fraction of sp³-hybridized carbons (Fsp3) is 0.292. The van der Waals surface area contributed by atoms with Crippen molar-refractivity contribution in [1.29, 1.82) is 0 Å². The van der Waals surface area contributed by atoms with Crippen LogP contribution in [0.5, 0.6) is 0 Å².